The van der Waals surface area contributed by atoms with Gasteiger partial charge in [0.15, 0.2) is 0 Å². The first kappa shape index (κ1) is 21.1. The van der Waals surface area contributed by atoms with Crippen LogP contribution in [-0.2, 0) is 19.6 Å². The van der Waals surface area contributed by atoms with Gasteiger partial charge in [0.05, 0.1) is 31.0 Å². The van der Waals surface area contributed by atoms with Gasteiger partial charge in [0.2, 0.25) is 10.0 Å². The van der Waals surface area contributed by atoms with Crippen LogP contribution in [0.4, 0.5) is 5.69 Å². The maximum absolute atomic E-state index is 12.9. The summed E-state index contributed by atoms with van der Waals surface area (Å²) in [5.74, 6) is -0.846. The van der Waals surface area contributed by atoms with Crippen LogP contribution < -0.4 is 9.62 Å². The first-order valence-electron chi connectivity index (χ1n) is 9.04. The van der Waals surface area contributed by atoms with Gasteiger partial charge in [-0.2, -0.15) is 0 Å². The number of rotatable bonds is 6. The molecule has 0 aliphatic carbocycles. The third-order valence-electron chi connectivity index (χ3n) is 4.68. The number of anilines is 1. The molecule has 154 valence electrons. The normalized spacial score (nSPS) is 16.3. The van der Waals surface area contributed by atoms with Crippen molar-refractivity contribution < 1.29 is 22.7 Å². The summed E-state index contributed by atoms with van der Waals surface area (Å²) in [4.78, 5) is 24.7. The van der Waals surface area contributed by atoms with Crippen LogP contribution in [-0.4, -0.2) is 39.7 Å². The summed E-state index contributed by atoms with van der Waals surface area (Å²) in [5, 5.41) is 3.22. The van der Waals surface area contributed by atoms with Crippen LogP contribution in [0, 0.1) is 0 Å². The standard InChI is InChI=1S/C20H21ClN2O5S/c1-28-19(24)13-18(16-8-2-3-9-17(16)21)22-20(25)14-6-4-7-15(12-14)23-10-5-11-29(23,26)27/h2-4,6-9,12,18H,5,10-11,13H2,1H3,(H,22,25)/t18-/m1/s1. The van der Waals surface area contributed by atoms with Crippen LogP contribution in [0.25, 0.3) is 0 Å². The Balaban J connectivity index is 1.85. The highest BCUT2D eigenvalue weighted by Crippen LogP contribution is 2.27. The van der Waals surface area contributed by atoms with Gasteiger partial charge in [-0.1, -0.05) is 35.9 Å². The van der Waals surface area contributed by atoms with Crippen LogP contribution in [0.1, 0.15) is 34.8 Å². The maximum atomic E-state index is 12.9. The molecular formula is C20H21ClN2O5S. The molecule has 9 heteroatoms. The molecule has 1 amide bonds. The number of hydrogen-bond donors (Lipinski definition) is 1. The molecule has 0 bridgehead atoms. The van der Waals surface area contributed by atoms with E-state index in [9.17, 15) is 18.0 Å². The third-order valence-corrected chi connectivity index (χ3v) is 6.89. The fourth-order valence-corrected chi connectivity index (χ4v) is 5.04. The van der Waals surface area contributed by atoms with Gasteiger partial charge < -0.3 is 10.1 Å². The van der Waals surface area contributed by atoms with E-state index in [-0.39, 0.29) is 17.7 Å². The van der Waals surface area contributed by atoms with E-state index in [1.54, 1.807) is 42.5 Å². The fraction of sp³-hybridized carbons (Fsp3) is 0.300. The van der Waals surface area contributed by atoms with Gasteiger partial charge in [-0.15, -0.1) is 0 Å². The van der Waals surface area contributed by atoms with Crippen molar-refractivity contribution >= 4 is 39.2 Å². The second kappa shape index (κ2) is 8.84. The van der Waals surface area contributed by atoms with E-state index in [0.717, 1.165) is 0 Å². The lowest BCUT2D eigenvalue weighted by molar-refractivity contribution is -0.141. The molecular weight excluding hydrogens is 416 g/mol. The van der Waals surface area contributed by atoms with Crippen molar-refractivity contribution in [3.63, 3.8) is 0 Å². The number of carbonyl (C=O) groups excluding carboxylic acids is 2. The monoisotopic (exact) mass is 436 g/mol. The molecule has 0 radical (unpaired) electrons. The van der Waals surface area contributed by atoms with Gasteiger partial charge in [-0.05, 0) is 36.2 Å². The lowest BCUT2D eigenvalue weighted by Gasteiger charge is -2.21. The topological polar surface area (TPSA) is 92.8 Å². The first-order valence-corrected chi connectivity index (χ1v) is 11.0. The van der Waals surface area contributed by atoms with Crippen molar-refractivity contribution in [2.75, 3.05) is 23.7 Å². The van der Waals surface area contributed by atoms with Gasteiger partial charge in [-0.3, -0.25) is 13.9 Å². The summed E-state index contributed by atoms with van der Waals surface area (Å²) in [6.45, 7) is 0.387. The Bertz CT molecular complexity index is 1030. The molecule has 1 N–H and O–H groups in total. The van der Waals surface area contributed by atoms with E-state index in [0.29, 0.717) is 29.2 Å². The lowest BCUT2D eigenvalue weighted by atomic mass is 10.0. The van der Waals surface area contributed by atoms with Crippen LogP contribution in [0.3, 0.4) is 0 Å². The largest absolute Gasteiger partial charge is 0.469 e. The minimum Gasteiger partial charge on any atom is -0.469 e. The molecule has 2 aromatic carbocycles. The number of sulfonamides is 1. The number of amides is 1. The highest BCUT2D eigenvalue weighted by atomic mass is 35.5. The Hall–Kier alpha value is -2.58. The summed E-state index contributed by atoms with van der Waals surface area (Å²) >= 11 is 6.24. The maximum Gasteiger partial charge on any atom is 0.307 e. The number of esters is 1. The molecule has 1 aliphatic heterocycles. The Morgan fingerprint density at radius 3 is 2.62 bits per heavy atom. The van der Waals surface area contributed by atoms with Crippen molar-refractivity contribution in [3.8, 4) is 0 Å². The SMILES string of the molecule is COC(=O)C[C@@H](NC(=O)c1cccc(N2CCCS2(=O)=O)c1)c1ccccc1Cl. The molecule has 7 nitrogen and oxygen atoms in total. The molecule has 1 aliphatic rings. The van der Waals surface area contributed by atoms with Gasteiger partial charge in [0, 0.05) is 17.1 Å². The highest BCUT2D eigenvalue weighted by Gasteiger charge is 2.29. The van der Waals surface area contributed by atoms with E-state index in [2.05, 4.69) is 5.32 Å². The molecule has 1 fully saturated rings. The predicted octanol–water partition coefficient (Wildman–Crippen LogP) is 2.91. The highest BCUT2D eigenvalue weighted by molar-refractivity contribution is 7.93. The molecule has 29 heavy (non-hydrogen) atoms. The summed E-state index contributed by atoms with van der Waals surface area (Å²) in [5.41, 5.74) is 1.31. The number of nitrogens with zero attached hydrogens (tertiary/aromatic N) is 1. The summed E-state index contributed by atoms with van der Waals surface area (Å²) < 4.78 is 30.4. The van der Waals surface area contributed by atoms with Crippen LogP contribution in [0.2, 0.25) is 5.02 Å². The van der Waals surface area contributed by atoms with E-state index in [1.807, 2.05) is 0 Å². The van der Waals surface area contributed by atoms with Gasteiger partial charge in [-0.25, -0.2) is 8.42 Å². The summed E-state index contributed by atoms with van der Waals surface area (Å²) in [7, 11) is -2.08. The smallest absolute Gasteiger partial charge is 0.307 e. The Morgan fingerprint density at radius 1 is 1.21 bits per heavy atom. The molecule has 1 heterocycles. The number of hydrogen-bond acceptors (Lipinski definition) is 5. The van der Waals surface area contributed by atoms with Gasteiger partial charge in [0.25, 0.3) is 5.91 Å². The average molecular weight is 437 g/mol. The quantitative estimate of drug-likeness (QED) is 0.703. The van der Waals surface area contributed by atoms with E-state index in [1.165, 1.54) is 17.5 Å². The molecule has 3 rings (SSSR count). The van der Waals surface area contributed by atoms with Crippen molar-refractivity contribution in [1.82, 2.24) is 5.32 Å². The van der Waals surface area contributed by atoms with Crippen molar-refractivity contribution in [3.05, 3.63) is 64.7 Å². The number of carbonyl (C=O) groups is 2. The van der Waals surface area contributed by atoms with Crippen molar-refractivity contribution in [2.45, 2.75) is 18.9 Å². The predicted molar refractivity (Wildman–Crippen MR) is 110 cm³/mol. The molecule has 0 unspecified atom stereocenters. The Kier molecular flexibility index (Phi) is 6.44. The lowest BCUT2D eigenvalue weighted by Crippen LogP contribution is -2.31. The fourth-order valence-electron chi connectivity index (χ4n) is 3.22. The van der Waals surface area contributed by atoms with Gasteiger partial charge >= 0.3 is 5.97 Å². The van der Waals surface area contributed by atoms with Crippen LogP contribution >= 0.6 is 11.6 Å². The number of halogens is 1. The van der Waals surface area contributed by atoms with E-state index >= 15 is 0 Å². The molecule has 1 atom stereocenters. The molecule has 2 aromatic rings. The third kappa shape index (κ3) is 4.89. The number of methoxy groups -OCH3 is 1. The molecule has 0 aromatic heterocycles. The minimum atomic E-state index is -3.35. The second-order valence-electron chi connectivity index (χ2n) is 6.62. The van der Waals surface area contributed by atoms with E-state index in [4.69, 9.17) is 16.3 Å². The zero-order chi connectivity index (χ0) is 21.0. The number of benzene rings is 2. The van der Waals surface area contributed by atoms with E-state index < -0.39 is 27.9 Å². The molecule has 1 saturated heterocycles. The van der Waals surface area contributed by atoms with Crippen molar-refractivity contribution in [2.24, 2.45) is 0 Å². The second-order valence-corrected chi connectivity index (χ2v) is 9.04. The minimum absolute atomic E-state index is 0.0911. The van der Waals surface area contributed by atoms with Gasteiger partial charge in [0.1, 0.15) is 0 Å². The summed E-state index contributed by atoms with van der Waals surface area (Å²) in [6, 6.07) is 12.6. The zero-order valence-electron chi connectivity index (χ0n) is 15.8. The van der Waals surface area contributed by atoms with Crippen molar-refractivity contribution in [1.29, 1.82) is 0 Å². The van der Waals surface area contributed by atoms with Crippen LogP contribution in [0.5, 0.6) is 0 Å². The molecule has 0 saturated carbocycles. The summed E-state index contributed by atoms with van der Waals surface area (Å²) in [6.07, 6.45) is 0.457. The Labute approximate surface area is 174 Å². The average Bonchev–Trinajstić information content (AvgIpc) is 3.06. The first-order chi connectivity index (χ1) is 13.8. The molecule has 0 spiro atoms. The number of ether oxygens (including phenoxy) is 1. The van der Waals surface area contributed by atoms with Crippen LogP contribution in [0.15, 0.2) is 48.5 Å². The number of nitrogens with one attached hydrogen (secondary N) is 1. The Morgan fingerprint density at radius 2 is 1.97 bits per heavy atom. The zero-order valence-corrected chi connectivity index (χ0v) is 17.4.